The number of ether oxygens (including phenoxy) is 2. The van der Waals surface area contributed by atoms with E-state index >= 15 is 0 Å². The van der Waals surface area contributed by atoms with E-state index in [1.165, 1.54) is 4.57 Å². The fourth-order valence-electron chi connectivity index (χ4n) is 2.67. The highest BCUT2D eigenvalue weighted by Gasteiger charge is 2.17. The van der Waals surface area contributed by atoms with Gasteiger partial charge in [-0.1, -0.05) is 0 Å². The maximum atomic E-state index is 12.5. The lowest BCUT2D eigenvalue weighted by Crippen LogP contribution is -2.22. The van der Waals surface area contributed by atoms with Crippen molar-refractivity contribution in [3.63, 3.8) is 0 Å². The fourth-order valence-corrected chi connectivity index (χ4v) is 2.67. The van der Waals surface area contributed by atoms with E-state index in [1.54, 1.807) is 18.8 Å². The minimum absolute atomic E-state index is 0.152. The number of nitrogens with zero attached hydrogens (tertiary/aromatic N) is 4. The molecule has 3 heterocycles. The van der Waals surface area contributed by atoms with Crippen molar-refractivity contribution < 1.29 is 9.47 Å². The first-order valence-electron chi connectivity index (χ1n) is 7.11. The number of fused-ring (bicyclic) bond motifs is 2. The summed E-state index contributed by atoms with van der Waals surface area (Å²) < 4.78 is 13.7. The number of hydrogen-bond donors (Lipinski definition) is 1. The zero-order valence-corrected chi connectivity index (χ0v) is 13.0. The lowest BCUT2D eigenvalue weighted by Gasteiger charge is -2.11. The van der Waals surface area contributed by atoms with E-state index in [1.807, 2.05) is 25.1 Å². The Balaban J connectivity index is 1.81. The first kappa shape index (κ1) is 13.6. The smallest absolute Gasteiger partial charge is 0.280 e. The lowest BCUT2D eigenvalue weighted by atomic mass is 10.3. The third-order valence-corrected chi connectivity index (χ3v) is 3.86. The molecule has 8 nitrogen and oxygen atoms in total. The van der Waals surface area contributed by atoms with E-state index in [0.29, 0.717) is 34.2 Å². The summed E-state index contributed by atoms with van der Waals surface area (Å²) in [5.41, 5.74) is 2.41. The summed E-state index contributed by atoms with van der Waals surface area (Å²) in [6.07, 6.45) is 0. The van der Waals surface area contributed by atoms with Gasteiger partial charge in [0.05, 0.1) is 5.69 Å². The van der Waals surface area contributed by atoms with Gasteiger partial charge in [-0.2, -0.15) is 5.10 Å². The van der Waals surface area contributed by atoms with E-state index < -0.39 is 0 Å². The Hall–Kier alpha value is -3.03. The van der Waals surface area contributed by atoms with Crippen molar-refractivity contribution in [2.75, 3.05) is 12.1 Å². The van der Waals surface area contributed by atoms with Gasteiger partial charge >= 0.3 is 0 Å². The molecule has 2 aromatic heterocycles. The number of hydrogen-bond acceptors (Lipinski definition) is 6. The molecule has 118 valence electrons. The Labute approximate surface area is 131 Å². The predicted octanol–water partition coefficient (Wildman–Crippen LogP) is 1.45. The molecular formula is C15H15N5O3. The summed E-state index contributed by atoms with van der Waals surface area (Å²) in [4.78, 5) is 17.1. The average Bonchev–Trinajstić information content (AvgIpc) is 3.09. The maximum absolute atomic E-state index is 12.5. The Morgan fingerprint density at radius 3 is 2.83 bits per heavy atom. The van der Waals surface area contributed by atoms with Crippen molar-refractivity contribution in [2.45, 2.75) is 6.92 Å². The summed E-state index contributed by atoms with van der Waals surface area (Å²) in [6.45, 7) is 2.05. The predicted molar refractivity (Wildman–Crippen MR) is 84.3 cm³/mol. The molecular weight excluding hydrogens is 298 g/mol. The number of rotatable bonds is 2. The first-order valence-corrected chi connectivity index (χ1v) is 7.11. The summed E-state index contributed by atoms with van der Waals surface area (Å²) >= 11 is 0. The first-order chi connectivity index (χ1) is 11.0. The van der Waals surface area contributed by atoms with E-state index in [9.17, 15) is 4.79 Å². The molecule has 0 bridgehead atoms. The van der Waals surface area contributed by atoms with Crippen molar-refractivity contribution in [3.05, 3.63) is 34.2 Å². The van der Waals surface area contributed by atoms with Gasteiger partial charge in [0.15, 0.2) is 17.0 Å². The average molecular weight is 313 g/mol. The second kappa shape index (κ2) is 4.73. The molecule has 4 rings (SSSR count). The number of aryl methyl sites for hydroxylation is 2. The van der Waals surface area contributed by atoms with Gasteiger partial charge in [-0.3, -0.25) is 14.0 Å². The van der Waals surface area contributed by atoms with E-state index in [0.717, 1.165) is 5.69 Å². The van der Waals surface area contributed by atoms with Crippen LogP contribution in [0.3, 0.4) is 0 Å². The van der Waals surface area contributed by atoms with Crippen LogP contribution in [0.2, 0.25) is 0 Å². The summed E-state index contributed by atoms with van der Waals surface area (Å²) in [5, 5.41) is 7.41. The van der Waals surface area contributed by atoms with Crippen LogP contribution < -0.4 is 20.3 Å². The highest BCUT2D eigenvalue weighted by atomic mass is 16.7. The summed E-state index contributed by atoms with van der Waals surface area (Å²) in [7, 11) is 3.41. The molecule has 0 spiro atoms. The normalized spacial score (nSPS) is 12.8. The minimum Gasteiger partial charge on any atom is -0.454 e. The van der Waals surface area contributed by atoms with Crippen LogP contribution in [0.4, 0.5) is 11.6 Å². The molecule has 0 aliphatic carbocycles. The van der Waals surface area contributed by atoms with Crippen LogP contribution in [0.1, 0.15) is 5.69 Å². The van der Waals surface area contributed by atoms with E-state index in [2.05, 4.69) is 15.4 Å². The van der Waals surface area contributed by atoms with Crippen LogP contribution in [0, 0.1) is 6.92 Å². The molecule has 0 unspecified atom stereocenters. The third-order valence-electron chi connectivity index (χ3n) is 3.86. The largest absolute Gasteiger partial charge is 0.454 e. The zero-order valence-electron chi connectivity index (χ0n) is 13.0. The molecule has 1 aromatic carbocycles. The standard InChI is InChI=1S/C15H15N5O3/c1-8-12-13(20(3)18-8)14(21)19(2)15(17-12)16-9-4-5-10-11(6-9)23-7-22-10/h4-6H,7H2,1-3H3,(H,16,17). The van der Waals surface area contributed by atoms with E-state index in [-0.39, 0.29) is 12.4 Å². The van der Waals surface area contributed by atoms with Crippen LogP contribution in [0.5, 0.6) is 11.5 Å². The maximum Gasteiger partial charge on any atom is 0.280 e. The van der Waals surface area contributed by atoms with Gasteiger partial charge < -0.3 is 14.8 Å². The number of anilines is 2. The second-order valence-electron chi connectivity index (χ2n) is 5.40. The van der Waals surface area contributed by atoms with Crippen LogP contribution in [0.15, 0.2) is 23.0 Å². The number of benzene rings is 1. The molecule has 3 aromatic rings. The summed E-state index contributed by atoms with van der Waals surface area (Å²) in [5.74, 6) is 1.81. The molecule has 0 saturated heterocycles. The Morgan fingerprint density at radius 2 is 2.00 bits per heavy atom. The third kappa shape index (κ3) is 2.02. The molecule has 1 aliphatic heterocycles. The molecule has 1 N–H and O–H groups in total. The van der Waals surface area contributed by atoms with Gasteiger partial charge in [0, 0.05) is 25.8 Å². The molecule has 0 amide bonds. The van der Waals surface area contributed by atoms with Gasteiger partial charge in [-0.15, -0.1) is 0 Å². The Morgan fingerprint density at radius 1 is 1.22 bits per heavy atom. The topological polar surface area (TPSA) is 83.2 Å². The van der Waals surface area contributed by atoms with Crippen molar-refractivity contribution in [3.8, 4) is 11.5 Å². The van der Waals surface area contributed by atoms with Gasteiger partial charge in [0.2, 0.25) is 12.7 Å². The van der Waals surface area contributed by atoms with Crippen LogP contribution in [-0.4, -0.2) is 26.1 Å². The molecule has 0 radical (unpaired) electrons. The van der Waals surface area contributed by atoms with Crippen molar-refractivity contribution in [1.82, 2.24) is 19.3 Å². The van der Waals surface area contributed by atoms with Crippen molar-refractivity contribution >= 4 is 22.7 Å². The monoisotopic (exact) mass is 313 g/mol. The molecule has 8 heteroatoms. The van der Waals surface area contributed by atoms with Crippen LogP contribution in [0.25, 0.3) is 11.0 Å². The van der Waals surface area contributed by atoms with Gasteiger partial charge in [0.1, 0.15) is 5.52 Å². The van der Waals surface area contributed by atoms with Crippen LogP contribution in [-0.2, 0) is 14.1 Å². The molecule has 23 heavy (non-hydrogen) atoms. The molecule has 0 atom stereocenters. The lowest BCUT2D eigenvalue weighted by molar-refractivity contribution is 0.174. The Bertz CT molecular complexity index is 989. The van der Waals surface area contributed by atoms with Gasteiger partial charge in [0.25, 0.3) is 5.56 Å². The Kier molecular flexibility index (Phi) is 2.80. The SMILES string of the molecule is Cc1nn(C)c2c(=O)n(C)c(Nc3ccc4c(c3)OCO4)nc12. The second-order valence-corrected chi connectivity index (χ2v) is 5.40. The fraction of sp³-hybridized carbons (Fsp3) is 0.267. The van der Waals surface area contributed by atoms with Gasteiger partial charge in [-0.05, 0) is 19.1 Å². The van der Waals surface area contributed by atoms with Crippen molar-refractivity contribution in [2.24, 2.45) is 14.1 Å². The number of aromatic nitrogens is 4. The zero-order chi connectivity index (χ0) is 16.1. The minimum atomic E-state index is -0.152. The summed E-state index contributed by atoms with van der Waals surface area (Å²) in [6, 6.07) is 5.48. The highest BCUT2D eigenvalue weighted by molar-refractivity contribution is 5.78. The molecule has 1 aliphatic rings. The highest BCUT2D eigenvalue weighted by Crippen LogP contribution is 2.34. The molecule has 0 saturated carbocycles. The number of nitrogens with one attached hydrogen (secondary N) is 1. The van der Waals surface area contributed by atoms with Gasteiger partial charge in [-0.25, -0.2) is 4.98 Å². The van der Waals surface area contributed by atoms with E-state index in [4.69, 9.17) is 9.47 Å². The van der Waals surface area contributed by atoms with Crippen molar-refractivity contribution in [1.29, 1.82) is 0 Å². The van der Waals surface area contributed by atoms with Crippen LogP contribution >= 0.6 is 0 Å². The quantitative estimate of drug-likeness (QED) is 0.771. The molecule has 0 fully saturated rings.